The first-order valence-electron chi connectivity index (χ1n) is 8.61. The Morgan fingerprint density at radius 2 is 2.30 bits per heavy atom. The molecule has 7 nitrogen and oxygen atoms in total. The molecule has 2 aromatic rings. The minimum Gasteiger partial charge on any atom is -0.477 e. The molecule has 1 atom stereocenters. The SMILES string of the molecule is Cc1ccc(OCC(=O)Nc2sc3c(c2C#N)CCC(C)C3)c([N+](=O)[O-])c1. The van der Waals surface area contributed by atoms with Crippen molar-refractivity contribution in [2.75, 3.05) is 11.9 Å². The monoisotopic (exact) mass is 385 g/mol. The average molecular weight is 385 g/mol. The molecule has 1 N–H and O–H groups in total. The van der Waals surface area contributed by atoms with Crippen LogP contribution in [-0.2, 0) is 17.6 Å². The van der Waals surface area contributed by atoms with Crippen LogP contribution in [0.15, 0.2) is 18.2 Å². The maximum absolute atomic E-state index is 12.3. The summed E-state index contributed by atoms with van der Waals surface area (Å²) in [6.45, 7) is 3.55. The maximum atomic E-state index is 12.3. The summed E-state index contributed by atoms with van der Waals surface area (Å²) < 4.78 is 5.35. The molecule has 0 fully saturated rings. The molecule has 3 rings (SSSR count). The summed E-state index contributed by atoms with van der Waals surface area (Å²) in [5.41, 5.74) is 2.11. The van der Waals surface area contributed by atoms with E-state index in [9.17, 15) is 20.2 Å². The van der Waals surface area contributed by atoms with Gasteiger partial charge in [0.15, 0.2) is 12.4 Å². The second kappa shape index (κ2) is 7.76. The molecule has 1 aromatic carbocycles. The number of thiophene rings is 1. The Kier molecular flexibility index (Phi) is 5.42. The van der Waals surface area contributed by atoms with Gasteiger partial charge in [0.1, 0.15) is 11.1 Å². The first-order valence-corrected chi connectivity index (χ1v) is 9.43. The molecule has 1 unspecified atom stereocenters. The van der Waals surface area contributed by atoms with Crippen molar-refractivity contribution in [1.82, 2.24) is 0 Å². The lowest BCUT2D eigenvalue weighted by molar-refractivity contribution is -0.385. The summed E-state index contributed by atoms with van der Waals surface area (Å²) in [7, 11) is 0. The Hall–Kier alpha value is -2.92. The summed E-state index contributed by atoms with van der Waals surface area (Å²) >= 11 is 1.43. The van der Waals surface area contributed by atoms with E-state index in [1.54, 1.807) is 13.0 Å². The Morgan fingerprint density at radius 1 is 1.52 bits per heavy atom. The van der Waals surface area contributed by atoms with Gasteiger partial charge in [-0.2, -0.15) is 5.26 Å². The minimum atomic E-state index is -0.539. The largest absolute Gasteiger partial charge is 0.477 e. The van der Waals surface area contributed by atoms with E-state index in [4.69, 9.17) is 4.74 Å². The van der Waals surface area contributed by atoms with Crippen LogP contribution in [0.4, 0.5) is 10.7 Å². The topological polar surface area (TPSA) is 105 Å². The number of nitrogens with one attached hydrogen (secondary N) is 1. The summed E-state index contributed by atoms with van der Waals surface area (Å²) in [6, 6.07) is 6.75. The van der Waals surface area contributed by atoms with Gasteiger partial charge in [0.25, 0.3) is 5.91 Å². The number of amides is 1. The quantitative estimate of drug-likeness (QED) is 0.619. The summed E-state index contributed by atoms with van der Waals surface area (Å²) in [5.74, 6) is 0.158. The number of nitrogens with zero attached hydrogens (tertiary/aromatic N) is 2. The van der Waals surface area contributed by atoms with E-state index in [1.165, 1.54) is 23.5 Å². The fraction of sp³-hybridized carbons (Fsp3) is 0.368. The van der Waals surface area contributed by atoms with Gasteiger partial charge in [-0.3, -0.25) is 14.9 Å². The predicted molar refractivity (Wildman–Crippen MR) is 102 cm³/mol. The highest BCUT2D eigenvalue weighted by Crippen LogP contribution is 2.39. The second-order valence-electron chi connectivity index (χ2n) is 6.73. The van der Waals surface area contributed by atoms with Crippen LogP contribution < -0.4 is 10.1 Å². The van der Waals surface area contributed by atoms with Crippen LogP contribution in [0.5, 0.6) is 5.75 Å². The van der Waals surface area contributed by atoms with Crippen LogP contribution in [0.2, 0.25) is 0 Å². The van der Waals surface area contributed by atoms with E-state index in [0.29, 0.717) is 16.5 Å². The standard InChI is InChI=1S/C19H19N3O4S/c1-11-4-6-16(15(7-11)22(24)25)26-10-18(23)21-19-14(9-20)13-5-3-12(2)8-17(13)27-19/h4,6-7,12H,3,5,8,10H2,1-2H3,(H,21,23). The van der Waals surface area contributed by atoms with Crippen molar-refractivity contribution in [3.8, 4) is 11.8 Å². The van der Waals surface area contributed by atoms with Crippen LogP contribution in [0.25, 0.3) is 0 Å². The van der Waals surface area contributed by atoms with E-state index in [0.717, 1.165) is 35.3 Å². The fourth-order valence-electron chi connectivity index (χ4n) is 3.16. The van der Waals surface area contributed by atoms with Gasteiger partial charge < -0.3 is 10.1 Å². The number of aryl methyl sites for hydroxylation is 1. The van der Waals surface area contributed by atoms with Crippen LogP contribution in [0, 0.1) is 34.3 Å². The van der Waals surface area contributed by atoms with Gasteiger partial charge in [-0.15, -0.1) is 11.3 Å². The van der Waals surface area contributed by atoms with Crippen molar-refractivity contribution in [2.45, 2.75) is 33.1 Å². The lowest BCUT2D eigenvalue weighted by atomic mass is 9.89. The van der Waals surface area contributed by atoms with Gasteiger partial charge in [0.05, 0.1) is 10.5 Å². The van der Waals surface area contributed by atoms with Gasteiger partial charge >= 0.3 is 5.69 Å². The fourth-order valence-corrected chi connectivity index (χ4v) is 4.53. The molecule has 1 aliphatic rings. The van der Waals surface area contributed by atoms with Crippen LogP contribution in [0.3, 0.4) is 0 Å². The number of carbonyl (C=O) groups is 1. The second-order valence-corrected chi connectivity index (χ2v) is 7.84. The molecule has 0 saturated heterocycles. The molecule has 1 amide bonds. The Morgan fingerprint density at radius 3 is 3.00 bits per heavy atom. The maximum Gasteiger partial charge on any atom is 0.311 e. The van der Waals surface area contributed by atoms with Gasteiger partial charge in [-0.1, -0.05) is 13.0 Å². The summed E-state index contributed by atoms with van der Waals surface area (Å²) in [5, 5.41) is 23.9. The zero-order chi connectivity index (χ0) is 19.6. The molecular formula is C19H19N3O4S. The number of ether oxygens (including phenoxy) is 1. The van der Waals surface area contributed by atoms with Gasteiger partial charge in [-0.05, 0) is 49.3 Å². The number of nitriles is 1. The number of hydrogen-bond donors (Lipinski definition) is 1. The van der Waals surface area contributed by atoms with E-state index < -0.39 is 10.8 Å². The first kappa shape index (κ1) is 18.9. The van der Waals surface area contributed by atoms with Gasteiger partial charge in [0.2, 0.25) is 0 Å². The van der Waals surface area contributed by atoms with E-state index in [2.05, 4.69) is 18.3 Å². The van der Waals surface area contributed by atoms with Crippen LogP contribution >= 0.6 is 11.3 Å². The Labute approximate surface area is 160 Å². The van der Waals surface area contributed by atoms with Crippen molar-refractivity contribution in [1.29, 1.82) is 5.26 Å². The molecule has 140 valence electrons. The van der Waals surface area contributed by atoms with E-state index in [-0.39, 0.29) is 18.0 Å². The lowest BCUT2D eigenvalue weighted by Gasteiger charge is -2.17. The third-order valence-corrected chi connectivity index (χ3v) is 5.72. The summed E-state index contributed by atoms with van der Waals surface area (Å²) in [6.07, 6.45) is 2.79. The predicted octanol–water partition coefficient (Wildman–Crippen LogP) is 3.98. The highest BCUT2D eigenvalue weighted by atomic mass is 32.1. The number of nitro groups is 1. The Balaban J connectivity index is 1.71. The summed E-state index contributed by atoms with van der Waals surface area (Å²) in [4.78, 5) is 24.0. The molecule has 0 radical (unpaired) electrons. The van der Waals surface area contributed by atoms with E-state index in [1.807, 2.05) is 0 Å². The highest BCUT2D eigenvalue weighted by Gasteiger charge is 2.25. The first-order chi connectivity index (χ1) is 12.9. The zero-order valence-corrected chi connectivity index (χ0v) is 15.9. The van der Waals surface area contributed by atoms with Crippen molar-refractivity contribution >= 4 is 27.9 Å². The number of nitro benzene ring substituents is 1. The van der Waals surface area contributed by atoms with Crippen molar-refractivity contribution in [2.24, 2.45) is 5.92 Å². The molecule has 0 saturated carbocycles. The Bertz CT molecular complexity index is 945. The molecule has 27 heavy (non-hydrogen) atoms. The lowest BCUT2D eigenvalue weighted by Crippen LogP contribution is -2.20. The molecule has 1 aliphatic carbocycles. The molecule has 0 spiro atoms. The van der Waals surface area contributed by atoms with Gasteiger partial charge in [0, 0.05) is 10.9 Å². The zero-order valence-electron chi connectivity index (χ0n) is 15.1. The molecule has 0 aliphatic heterocycles. The normalized spacial score (nSPS) is 15.5. The highest BCUT2D eigenvalue weighted by molar-refractivity contribution is 7.16. The van der Waals surface area contributed by atoms with Crippen molar-refractivity contribution in [3.63, 3.8) is 0 Å². The number of hydrogen-bond acceptors (Lipinski definition) is 6. The van der Waals surface area contributed by atoms with Crippen molar-refractivity contribution in [3.05, 3.63) is 49.9 Å². The van der Waals surface area contributed by atoms with Crippen LogP contribution in [0.1, 0.15) is 34.9 Å². The molecular weight excluding hydrogens is 366 g/mol. The van der Waals surface area contributed by atoms with E-state index >= 15 is 0 Å². The average Bonchev–Trinajstić information content (AvgIpc) is 2.96. The van der Waals surface area contributed by atoms with Crippen LogP contribution in [-0.4, -0.2) is 17.4 Å². The smallest absolute Gasteiger partial charge is 0.311 e. The van der Waals surface area contributed by atoms with Crippen molar-refractivity contribution < 1.29 is 14.5 Å². The third-order valence-electron chi connectivity index (χ3n) is 4.55. The number of rotatable bonds is 5. The molecule has 8 heteroatoms. The molecule has 1 aromatic heterocycles. The minimum absolute atomic E-state index is 0.0422. The number of fused-ring (bicyclic) bond motifs is 1. The number of carbonyl (C=O) groups excluding carboxylic acids is 1. The van der Waals surface area contributed by atoms with Gasteiger partial charge in [-0.25, -0.2) is 0 Å². The molecule has 0 bridgehead atoms. The third kappa shape index (κ3) is 4.09. The number of anilines is 1. The number of benzene rings is 1. The molecule has 1 heterocycles.